The van der Waals surface area contributed by atoms with Gasteiger partial charge in [0.1, 0.15) is 23.0 Å². The molecule has 0 aliphatic carbocycles. The van der Waals surface area contributed by atoms with E-state index < -0.39 is 0 Å². The summed E-state index contributed by atoms with van der Waals surface area (Å²) in [7, 11) is 0. The van der Waals surface area contributed by atoms with Crippen molar-refractivity contribution in [1.29, 1.82) is 0 Å². The van der Waals surface area contributed by atoms with Gasteiger partial charge < -0.3 is 20.4 Å². The third-order valence-electron chi connectivity index (χ3n) is 14.5. The predicted molar refractivity (Wildman–Crippen MR) is 265 cm³/mol. The molecule has 8 nitrogen and oxygen atoms in total. The van der Waals surface area contributed by atoms with Crippen molar-refractivity contribution in [2.75, 3.05) is 52.4 Å². The Kier molecular flexibility index (Phi) is 17.0. The summed E-state index contributed by atoms with van der Waals surface area (Å²) in [6.07, 6.45) is 15.3. The molecule has 344 valence electrons. The number of aromatic hydroxyl groups is 4. The van der Waals surface area contributed by atoms with Crippen LogP contribution >= 0.6 is 0 Å². The highest BCUT2D eigenvalue weighted by Crippen LogP contribution is 2.34. The Morgan fingerprint density at radius 1 is 0.312 bits per heavy atom. The van der Waals surface area contributed by atoms with E-state index in [1.165, 1.54) is 99.3 Å². The molecular weight excluding hydrogens is 793 g/mol. The molecule has 0 aromatic heterocycles. The largest absolute Gasteiger partial charge is 0.508 e. The van der Waals surface area contributed by atoms with E-state index in [2.05, 4.69) is 71.6 Å². The van der Waals surface area contributed by atoms with E-state index in [1.807, 2.05) is 48.5 Å². The van der Waals surface area contributed by atoms with Gasteiger partial charge in [-0.1, -0.05) is 49.9 Å². The van der Waals surface area contributed by atoms with Crippen LogP contribution in [0.3, 0.4) is 0 Å². The van der Waals surface area contributed by atoms with Gasteiger partial charge in [-0.15, -0.1) is 0 Å². The number of nitrogens with zero attached hydrogens (tertiary/aromatic N) is 4. The molecule has 4 aliphatic rings. The van der Waals surface area contributed by atoms with Gasteiger partial charge in [-0.3, -0.25) is 19.6 Å². The lowest BCUT2D eigenvalue weighted by Crippen LogP contribution is -2.29. The monoisotopic (exact) mass is 869 g/mol. The normalized spacial score (nSPS) is 19.1. The third-order valence-corrected chi connectivity index (χ3v) is 14.5. The number of rotatable bonds is 12. The maximum Gasteiger partial charge on any atom is 0.120 e. The molecule has 0 bridgehead atoms. The second kappa shape index (κ2) is 23.0. The van der Waals surface area contributed by atoms with Gasteiger partial charge in [0.05, 0.1) is 0 Å². The fourth-order valence-electron chi connectivity index (χ4n) is 10.1. The second-order valence-corrected chi connectivity index (χ2v) is 19.2. The lowest BCUT2D eigenvalue weighted by atomic mass is 9.94. The zero-order valence-corrected chi connectivity index (χ0v) is 39.5. The quantitative estimate of drug-likeness (QED) is 0.105. The summed E-state index contributed by atoms with van der Waals surface area (Å²) in [5.41, 5.74) is 13.5. The molecule has 0 saturated carbocycles. The van der Waals surface area contributed by atoms with Crippen molar-refractivity contribution >= 4 is 22.3 Å². The summed E-state index contributed by atoms with van der Waals surface area (Å²) in [4.78, 5) is 9.78. The summed E-state index contributed by atoms with van der Waals surface area (Å²) in [5.74, 6) is 1.55. The van der Waals surface area contributed by atoms with Gasteiger partial charge in [-0.25, -0.2) is 0 Å². The van der Waals surface area contributed by atoms with Crippen molar-refractivity contribution in [3.05, 3.63) is 117 Å². The Morgan fingerprint density at radius 2 is 0.500 bits per heavy atom. The van der Waals surface area contributed by atoms with Gasteiger partial charge in [-0.2, -0.15) is 0 Å². The van der Waals surface area contributed by atoms with E-state index in [4.69, 9.17) is 0 Å². The van der Waals surface area contributed by atoms with Crippen molar-refractivity contribution in [3.8, 4) is 23.0 Å². The minimum Gasteiger partial charge on any atom is -0.508 e. The third kappa shape index (κ3) is 12.8. The van der Waals surface area contributed by atoms with Crippen LogP contribution < -0.4 is 0 Å². The molecule has 0 unspecified atom stereocenters. The predicted octanol–water partition coefficient (Wildman–Crippen LogP) is 12.0. The van der Waals surface area contributed by atoms with Crippen molar-refractivity contribution in [2.45, 2.75) is 131 Å². The average molecular weight is 869 g/mol. The van der Waals surface area contributed by atoms with Crippen LogP contribution in [0.1, 0.15) is 149 Å². The van der Waals surface area contributed by atoms with Crippen LogP contribution in [0.15, 0.2) is 72.8 Å². The lowest BCUT2D eigenvalue weighted by Gasteiger charge is -2.27. The van der Waals surface area contributed by atoms with Gasteiger partial charge in [0.15, 0.2) is 0 Å². The Balaban J connectivity index is 0.000000191. The highest BCUT2D eigenvalue weighted by atomic mass is 16.3. The van der Waals surface area contributed by atoms with Crippen LogP contribution in [-0.2, 0) is 26.2 Å². The highest BCUT2D eigenvalue weighted by molar-refractivity contribution is 5.90. The van der Waals surface area contributed by atoms with Gasteiger partial charge in [-0.05, 0) is 224 Å². The van der Waals surface area contributed by atoms with Crippen molar-refractivity contribution in [2.24, 2.45) is 0 Å². The van der Waals surface area contributed by atoms with Crippen molar-refractivity contribution in [3.63, 3.8) is 0 Å². The molecule has 4 N–H and O–H groups in total. The van der Waals surface area contributed by atoms with Gasteiger partial charge >= 0.3 is 0 Å². The van der Waals surface area contributed by atoms with Crippen LogP contribution in [0.2, 0.25) is 0 Å². The molecule has 0 amide bonds. The number of hydrogen-bond acceptors (Lipinski definition) is 8. The van der Waals surface area contributed by atoms with Crippen LogP contribution in [0.4, 0.5) is 0 Å². The molecule has 4 saturated heterocycles. The standard InChI is InChI=1S/2C28H38N2O2/c2*1-21(23-9-11-27(31)25(17-23)19-29-13-5-3-6-14-29)22(2)24-10-12-28(32)26(18-24)20-30-15-7-4-8-16-30/h2*9-12,17-18,31-32H,3-8,13-16,19-20H2,1-2H3/b22-21+;22-21-. The van der Waals surface area contributed by atoms with Gasteiger partial charge in [0.2, 0.25) is 0 Å². The summed E-state index contributed by atoms with van der Waals surface area (Å²) in [6, 6.07) is 24.0. The second-order valence-electron chi connectivity index (χ2n) is 19.2. The first-order valence-corrected chi connectivity index (χ1v) is 24.6. The van der Waals surface area contributed by atoms with E-state index >= 15 is 0 Å². The van der Waals surface area contributed by atoms with E-state index in [1.54, 1.807) is 0 Å². The first-order chi connectivity index (χ1) is 31.0. The first kappa shape index (κ1) is 47.4. The Morgan fingerprint density at radius 3 is 0.688 bits per heavy atom. The lowest BCUT2D eigenvalue weighted by molar-refractivity contribution is 0.218. The molecule has 0 spiro atoms. The zero-order valence-electron chi connectivity index (χ0n) is 39.5. The van der Waals surface area contributed by atoms with Crippen LogP contribution in [0.25, 0.3) is 22.3 Å². The number of benzene rings is 4. The zero-order chi connectivity index (χ0) is 45.0. The molecule has 64 heavy (non-hydrogen) atoms. The van der Waals surface area contributed by atoms with E-state index in [0.717, 1.165) is 123 Å². The molecule has 4 aliphatic heterocycles. The molecule has 4 aromatic carbocycles. The van der Waals surface area contributed by atoms with Crippen LogP contribution in [0.5, 0.6) is 23.0 Å². The van der Waals surface area contributed by atoms with E-state index in [-0.39, 0.29) is 0 Å². The smallest absolute Gasteiger partial charge is 0.120 e. The molecule has 0 atom stereocenters. The van der Waals surface area contributed by atoms with E-state index in [0.29, 0.717) is 23.0 Å². The molecule has 4 fully saturated rings. The van der Waals surface area contributed by atoms with Crippen molar-refractivity contribution in [1.82, 2.24) is 19.6 Å². The van der Waals surface area contributed by atoms with Gasteiger partial charge in [0, 0.05) is 48.4 Å². The number of likely N-dealkylation sites (tertiary alicyclic amines) is 4. The molecule has 0 radical (unpaired) electrons. The minimum absolute atomic E-state index is 0.387. The summed E-state index contributed by atoms with van der Waals surface area (Å²) < 4.78 is 0. The van der Waals surface area contributed by atoms with Crippen molar-refractivity contribution < 1.29 is 20.4 Å². The SMILES string of the molecule is C/C(=C(/C)c1ccc(O)c(CN2CCCCC2)c1)c1ccc(O)c(CN2CCCCC2)c1.C/C(=C(\C)c1ccc(O)c(CN2CCCCC2)c1)c1ccc(O)c(CN2CCCCC2)c1. The maximum absolute atomic E-state index is 10.5. The molecule has 8 rings (SSSR count). The number of piperidine rings is 4. The highest BCUT2D eigenvalue weighted by Gasteiger charge is 2.19. The molecule has 4 aromatic rings. The number of hydrogen-bond donors (Lipinski definition) is 4. The molecule has 4 heterocycles. The molecule has 8 heteroatoms. The minimum atomic E-state index is 0.387. The summed E-state index contributed by atoms with van der Waals surface area (Å²) in [6.45, 7) is 20.8. The first-order valence-electron chi connectivity index (χ1n) is 24.6. The number of allylic oxidation sites excluding steroid dienone is 4. The fraction of sp³-hybridized carbons (Fsp3) is 0.500. The summed E-state index contributed by atoms with van der Waals surface area (Å²) >= 11 is 0. The Labute approximate surface area is 384 Å². The topological polar surface area (TPSA) is 93.9 Å². The average Bonchev–Trinajstić information content (AvgIpc) is 3.32. The van der Waals surface area contributed by atoms with Gasteiger partial charge in [0.25, 0.3) is 0 Å². The van der Waals surface area contributed by atoms with Crippen LogP contribution in [0, 0.1) is 0 Å². The Bertz CT molecular complexity index is 1910. The summed E-state index contributed by atoms with van der Waals surface area (Å²) in [5, 5.41) is 41.8. The fourth-order valence-corrected chi connectivity index (χ4v) is 10.1. The maximum atomic E-state index is 10.5. The molecular formula is C56H76N4O4. The Hall–Kier alpha value is -4.60. The number of phenols is 4. The number of phenolic OH excluding ortho intramolecular Hbond substituents is 4. The van der Waals surface area contributed by atoms with Crippen LogP contribution in [-0.4, -0.2) is 92.4 Å². The van der Waals surface area contributed by atoms with E-state index in [9.17, 15) is 20.4 Å².